The minimum atomic E-state index is -2.78. The zero-order chi connectivity index (χ0) is 10.7. The molecular weight excluding hydrogens is 220 g/mol. The second-order valence-corrected chi connectivity index (χ2v) is 3.63. The summed E-state index contributed by atoms with van der Waals surface area (Å²) in [5.41, 5.74) is 0.895. The number of nitrogens with zero attached hydrogens (tertiary/aromatic N) is 1. The highest BCUT2D eigenvalue weighted by molar-refractivity contribution is 7.13. The lowest BCUT2D eigenvalue weighted by Crippen LogP contribution is -2.01. The molecule has 0 aliphatic carbocycles. The van der Waals surface area contributed by atoms with Crippen molar-refractivity contribution in [3.05, 3.63) is 35.8 Å². The molecule has 0 amide bonds. The monoisotopic (exact) mass is 227 g/mol. The number of halogens is 2. The summed E-state index contributed by atoms with van der Waals surface area (Å²) in [4.78, 5) is 4.11. The highest BCUT2D eigenvalue weighted by atomic mass is 32.1. The molecule has 78 valence electrons. The summed E-state index contributed by atoms with van der Waals surface area (Å²) in [6.45, 7) is -2.78. The van der Waals surface area contributed by atoms with Crippen LogP contribution in [0.4, 0.5) is 8.78 Å². The number of rotatable bonds is 3. The van der Waals surface area contributed by atoms with Crippen LogP contribution in [-0.2, 0) is 0 Å². The Hall–Kier alpha value is -1.49. The Morgan fingerprint density at radius 1 is 1.20 bits per heavy atom. The van der Waals surface area contributed by atoms with Gasteiger partial charge in [0.15, 0.2) is 0 Å². The molecule has 5 heteroatoms. The standard InChI is InChI=1S/C10H7F2NOS/c11-10(12)14-8-3-1-7(2-4-8)9-13-5-6-15-9/h1-6,10H. The number of thiazole rings is 1. The molecule has 2 nitrogen and oxygen atoms in total. The molecule has 0 bridgehead atoms. The fourth-order valence-electron chi connectivity index (χ4n) is 1.14. The zero-order valence-corrected chi connectivity index (χ0v) is 8.38. The van der Waals surface area contributed by atoms with Crippen molar-refractivity contribution in [2.24, 2.45) is 0 Å². The summed E-state index contributed by atoms with van der Waals surface area (Å²) in [6.07, 6.45) is 1.70. The number of hydrogen-bond acceptors (Lipinski definition) is 3. The number of ether oxygens (including phenoxy) is 1. The van der Waals surface area contributed by atoms with Crippen molar-refractivity contribution < 1.29 is 13.5 Å². The van der Waals surface area contributed by atoms with Crippen LogP contribution in [-0.4, -0.2) is 11.6 Å². The summed E-state index contributed by atoms with van der Waals surface area (Å²) >= 11 is 1.50. The third-order valence-electron chi connectivity index (χ3n) is 1.76. The molecule has 0 fully saturated rings. The normalized spacial score (nSPS) is 10.6. The first-order valence-corrected chi connectivity index (χ1v) is 5.08. The predicted molar refractivity (Wildman–Crippen MR) is 54.2 cm³/mol. The van der Waals surface area contributed by atoms with Crippen molar-refractivity contribution >= 4 is 11.3 Å². The van der Waals surface area contributed by atoms with Gasteiger partial charge in [-0.15, -0.1) is 11.3 Å². The first-order valence-electron chi connectivity index (χ1n) is 4.20. The van der Waals surface area contributed by atoms with E-state index in [1.807, 2.05) is 5.38 Å². The minimum Gasteiger partial charge on any atom is -0.435 e. The molecule has 0 saturated carbocycles. The van der Waals surface area contributed by atoms with Gasteiger partial charge in [0.05, 0.1) is 0 Å². The molecular formula is C10H7F2NOS. The van der Waals surface area contributed by atoms with Gasteiger partial charge in [0, 0.05) is 17.1 Å². The van der Waals surface area contributed by atoms with E-state index in [1.165, 1.54) is 23.5 Å². The molecule has 0 unspecified atom stereocenters. The SMILES string of the molecule is FC(F)Oc1ccc(-c2nccs2)cc1. The largest absolute Gasteiger partial charge is 0.435 e. The van der Waals surface area contributed by atoms with Gasteiger partial charge in [-0.2, -0.15) is 8.78 Å². The molecule has 15 heavy (non-hydrogen) atoms. The summed E-state index contributed by atoms with van der Waals surface area (Å²) in [7, 11) is 0. The van der Waals surface area contributed by atoms with Crippen molar-refractivity contribution in [2.45, 2.75) is 6.61 Å². The van der Waals surface area contributed by atoms with Gasteiger partial charge < -0.3 is 4.74 Å². The van der Waals surface area contributed by atoms with Crippen molar-refractivity contribution in [1.29, 1.82) is 0 Å². The molecule has 0 N–H and O–H groups in total. The second-order valence-electron chi connectivity index (χ2n) is 2.74. The molecule has 1 heterocycles. The van der Waals surface area contributed by atoms with Crippen LogP contribution in [0.25, 0.3) is 10.6 Å². The average molecular weight is 227 g/mol. The Labute approximate surface area is 89.2 Å². The van der Waals surface area contributed by atoms with Gasteiger partial charge in [0.25, 0.3) is 0 Å². The van der Waals surface area contributed by atoms with E-state index in [4.69, 9.17) is 0 Å². The van der Waals surface area contributed by atoms with E-state index in [9.17, 15) is 8.78 Å². The summed E-state index contributed by atoms with van der Waals surface area (Å²) in [6, 6.07) is 6.42. The third-order valence-corrected chi connectivity index (χ3v) is 2.58. The van der Waals surface area contributed by atoms with Crippen LogP contribution in [0.15, 0.2) is 35.8 Å². The Morgan fingerprint density at radius 3 is 2.47 bits per heavy atom. The number of alkyl halides is 2. The van der Waals surface area contributed by atoms with Crippen LogP contribution in [0, 0.1) is 0 Å². The van der Waals surface area contributed by atoms with Gasteiger partial charge in [0.1, 0.15) is 10.8 Å². The Balaban J connectivity index is 2.17. The molecule has 1 aromatic heterocycles. The molecule has 2 aromatic rings. The van der Waals surface area contributed by atoms with E-state index in [0.29, 0.717) is 0 Å². The van der Waals surface area contributed by atoms with Crippen molar-refractivity contribution in [3.8, 4) is 16.3 Å². The Bertz CT molecular complexity index is 413. The predicted octanol–water partition coefficient (Wildman–Crippen LogP) is 3.41. The van der Waals surface area contributed by atoms with Gasteiger partial charge in [-0.3, -0.25) is 0 Å². The molecule has 0 aliphatic rings. The van der Waals surface area contributed by atoms with E-state index in [-0.39, 0.29) is 5.75 Å². The maximum absolute atomic E-state index is 11.9. The lowest BCUT2D eigenvalue weighted by molar-refractivity contribution is -0.0498. The first kappa shape index (κ1) is 10.0. The lowest BCUT2D eigenvalue weighted by Gasteiger charge is -2.04. The number of hydrogen-bond donors (Lipinski definition) is 0. The zero-order valence-electron chi connectivity index (χ0n) is 7.56. The molecule has 0 spiro atoms. The molecule has 0 atom stereocenters. The number of benzene rings is 1. The van der Waals surface area contributed by atoms with Crippen molar-refractivity contribution in [3.63, 3.8) is 0 Å². The third kappa shape index (κ3) is 2.50. The van der Waals surface area contributed by atoms with Crippen molar-refractivity contribution in [2.75, 3.05) is 0 Å². The van der Waals surface area contributed by atoms with Gasteiger partial charge >= 0.3 is 6.61 Å². The maximum atomic E-state index is 11.9. The molecule has 0 aliphatic heterocycles. The van der Waals surface area contributed by atoms with E-state index in [2.05, 4.69) is 9.72 Å². The van der Waals surface area contributed by atoms with Crippen molar-refractivity contribution in [1.82, 2.24) is 4.98 Å². The first-order chi connectivity index (χ1) is 7.25. The molecule has 1 aromatic carbocycles. The van der Waals surface area contributed by atoms with Crippen LogP contribution in [0.5, 0.6) is 5.75 Å². The van der Waals surface area contributed by atoms with E-state index < -0.39 is 6.61 Å². The van der Waals surface area contributed by atoms with Gasteiger partial charge in [0.2, 0.25) is 0 Å². The lowest BCUT2D eigenvalue weighted by atomic mass is 10.2. The summed E-state index contributed by atoms with van der Waals surface area (Å²) in [5, 5.41) is 2.72. The summed E-state index contributed by atoms with van der Waals surface area (Å²) < 4.78 is 28.0. The van der Waals surface area contributed by atoms with Crippen LogP contribution in [0.3, 0.4) is 0 Å². The van der Waals surface area contributed by atoms with Crippen LogP contribution >= 0.6 is 11.3 Å². The average Bonchev–Trinajstić information content (AvgIpc) is 2.71. The van der Waals surface area contributed by atoms with Crippen LogP contribution < -0.4 is 4.74 Å². The minimum absolute atomic E-state index is 0.158. The quantitative estimate of drug-likeness (QED) is 0.801. The number of aromatic nitrogens is 1. The van der Waals surface area contributed by atoms with E-state index >= 15 is 0 Å². The molecule has 0 saturated heterocycles. The highest BCUT2D eigenvalue weighted by Crippen LogP contribution is 2.24. The maximum Gasteiger partial charge on any atom is 0.387 e. The fraction of sp³-hybridized carbons (Fsp3) is 0.100. The Morgan fingerprint density at radius 2 is 1.93 bits per heavy atom. The van der Waals surface area contributed by atoms with E-state index in [1.54, 1.807) is 18.3 Å². The fourth-order valence-corrected chi connectivity index (χ4v) is 1.79. The Kier molecular flexibility index (Phi) is 2.91. The van der Waals surface area contributed by atoms with Crippen LogP contribution in [0.1, 0.15) is 0 Å². The molecule has 2 rings (SSSR count). The topological polar surface area (TPSA) is 22.1 Å². The van der Waals surface area contributed by atoms with Gasteiger partial charge in [-0.1, -0.05) is 0 Å². The smallest absolute Gasteiger partial charge is 0.387 e. The molecule has 0 radical (unpaired) electrons. The van der Waals surface area contributed by atoms with E-state index in [0.717, 1.165) is 10.6 Å². The van der Waals surface area contributed by atoms with Gasteiger partial charge in [-0.05, 0) is 24.3 Å². The summed E-state index contributed by atoms with van der Waals surface area (Å²) in [5.74, 6) is 0.158. The highest BCUT2D eigenvalue weighted by Gasteiger charge is 2.05. The second kappa shape index (κ2) is 4.35. The van der Waals surface area contributed by atoms with Gasteiger partial charge in [-0.25, -0.2) is 4.98 Å². The van der Waals surface area contributed by atoms with Crippen LogP contribution in [0.2, 0.25) is 0 Å².